The molecule has 0 saturated carbocycles. The van der Waals surface area contributed by atoms with Crippen LogP contribution in [0.5, 0.6) is 0 Å². The van der Waals surface area contributed by atoms with Crippen LogP contribution in [0, 0.1) is 0 Å². The van der Waals surface area contributed by atoms with E-state index in [9.17, 15) is 17.6 Å². The Morgan fingerprint density at radius 2 is 2.31 bits per heavy atom. The van der Waals surface area contributed by atoms with Crippen LogP contribution in [-0.2, 0) is 14.5 Å². The van der Waals surface area contributed by atoms with Crippen LogP contribution in [0.4, 0.5) is 9.18 Å². The minimum absolute atomic E-state index is 0.00231. The highest BCUT2D eigenvalue weighted by Crippen LogP contribution is 2.22. The molecule has 0 aromatic heterocycles. The number of amides is 1. The van der Waals surface area contributed by atoms with E-state index in [-0.39, 0.29) is 4.31 Å². The molecule has 76 valence electrons. The normalized spacial score (nSPS) is 28.8. The van der Waals surface area contributed by atoms with Gasteiger partial charge in [0.2, 0.25) is 0 Å². The summed E-state index contributed by atoms with van der Waals surface area (Å²) in [6.07, 6.45) is -3.32. The van der Waals surface area contributed by atoms with Crippen molar-refractivity contribution in [1.82, 2.24) is 4.31 Å². The van der Waals surface area contributed by atoms with Crippen molar-refractivity contribution in [2.45, 2.75) is 19.1 Å². The highest BCUT2D eigenvalue weighted by molar-refractivity contribution is 7.85. The van der Waals surface area contributed by atoms with Gasteiger partial charge in [-0.2, -0.15) is 12.7 Å². The quantitative estimate of drug-likeness (QED) is 0.661. The molecule has 1 rings (SSSR count). The lowest BCUT2D eigenvalue weighted by molar-refractivity contribution is 0.142. The molecular weight excluding hydrogens is 205 g/mol. The standard InChI is InChI=1S/C5H8FNO5S/c1-3(6)4-2-12-13(10,11)7(4)5(8)9/h3-4H,2H2,1H3,(H,8,9)/t3?,4-/m1/s1. The van der Waals surface area contributed by atoms with Crippen LogP contribution >= 0.6 is 0 Å². The van der Waals surface area contributed by atoms with Gasteiger partial charge in [-0.25, -0.2) is 9.18 Å². The Kier molecular flexibility index (Phi) is 2.44. The molecule has 1 aliphatic rings. The molecule has 0 aromatic rings. The summed E-state index contributed by atoms with van der Waals surface area (Å²) in [6.45, 7) is 0.608. The Morgan fingerprint density at radius 1 is 1.77 bits per heavy atom. The van der Waals surface area contributed by atoms with Gasteiger partial charge in [-0.1, -0.05) is 0 Å². The molecule has 6 nitrogen and oxygen atoms in total. The molecular formula is C5H8FNO5S. The number of alkyl halides is 1. The lowest BCUT2D eigenvalue weighted by Gasteiger charge is -2.17. The molecule has 1 heterocycles. The van der Waals surface area contributed by atoms with Crippen molar-refractivity contribution in [3.05, 3.63) is 0 Å². The average molecular weight is 213 g/mol. The molecule has 0 spiro atoms. The Bertz CT molecular complexity index is 313. The van der Waals surface area contributed by atoms with Gasteiger partial charge in [0, 0.05) is 0 Å². The third-order valence-corrected chi connectivity index (χ3v) is 2.99. The van der Waals surface area contributed by atoms with E-state index in [1.165, 1.54) is 0 Å². The zero-order valence-electron chi connectivity index (χ0n) is 6.68. The molecule has 1 unspecified atom stereocenters. The fourth-order valence-electron chi connectivity index (χ4n) is 1.00. The molecule has 13 heavy (non-hydrogen) atoms. The summed E-state index contributed by atoms with van der Waals surface area (Å²) in [5, 5.41) is 8.47. The van der Waals surface area contributed by atoms with Gasteiger partial charge in [-0.15, -0.1) is 0 Å². The van der Waals surface area contributed by atoms with Gasteiger partial charge in [0.05, 0.1) is 6.61 Å². The molecule has 1 amide bonds. The molecule has 8 heteroatoms. The van der Waals surface area contributed by atoms with Crippen LogP contribution in [0.3, 0.4) is 0 Å². The zero-order chi connectivity index (χ0) is 10.2. The highest BCUT2D eigenvalue weighted by Gasteiger charge is 2.45. The Morgan fingerprint density at radius 3 is 2.62 bits per heavy atom. The number of nitrogens with zero attached hydrogens (tertiary/aromatic N) is 1. The maximum absolute atomic E-state index is 12.7. The second-order valence-electron chi connectivity index (χ2n) is 2.57. The molecule has 1 aliphatic heterocycles. The van der Waals surface area contributed by atoms with Crippen LogP contribution in [0.2, 0.25) is 0 Å². The lowest BCUT2D eigenvalue weighted by atomic mass is 10.2. The summed E-state index contributed by atoms with van der Waals surface area (Å²) in [4.78, 5) is 10.4. The Labute approximate surface area is 74.2 Å². The number of halogens is 1. The summed E-state index contributed by atoms with van der Waals surface area (Å²) < 4.78 is 38.6. The molecule has 2 atom stereocenters. The van der Waals surface area contributed by atoms with Crippen molar-refractivity contribution < 1.29 is 26.9 Å². The predicted molar refractivity (Wildman–Crippen MR) is 39.1 cm³/mol. The van der Waals surface area contributed by atoms with E-state index in [1.807, 2.05) is 0 Å². The minimum atomic E-state index is -4.29. The van der Waals surface area contributed by atoms with Crippen LogP contribution in [0.1, 0.15) is 6.92 Å². The summed E-state index contributed by atoms with van der Waals surface area (Å²) >= 11 is 0. The lowest BCUT2D eigenvalue weighted by Crippen LogP contribution is -2.42. The van der Waals surface area contributed by atoms with E-state index in [1.54, 1.807) is 0 Å². The minimum Gasteiger partial charge on any atom is -0.464 e. The predicted octanol–water partition coefficient (Wildman–Crippen LogP) is -0.0320. The summed E-state index contributed by atoms with van der Waals surface area (Å²) in [5.41, 5.74) is 0. The van der Waals surface area contributed by atoms with Crippen molar-refractivity contribution in [1.29, 1.82) is 0 Å². The average Bonchev–Trinajstić information content (AvgIpc) is 2.24. The van der Waals surface area contributed by atoms with Crippen molar-refractivity contribution in [2.24, 2.45) is 0 Å². The van der Waals surface area contributed by atoms with E-state index in [0.717, 1.165) is 6.92 Å². The Hall–Kier alpha value is -0.890. The van der Waals surface area contributed by atoms with Gasteiger partial charge in [0.1, 0.15) is 12.2 Å². The largest absolute Gasteiger partial charge is 0.464 e. The fraction of sp³-hybridized carbons (Fsp3) is 0.800. The van der Waals surface area contributed by atoms with Crippen molar-refractivity contribution in [2.75, 3.05) is 6.61 Å². The second-order valence-corrected chi connectivity index (χ2v) is 4.05. The first-order chi connectivity index (χ1) is 5.86. The molecule has 0 bridgehead atoms. The van der Waals surface area contributed by atoms with Gasteiger partial charge < -0.3 is 5.11 Å². The first-order valence-corrected chi connectivity index (χ1v) is 4.78. The summed E-state index contributed by atoms with van der Waals surface area (Å²) in [5.74, 6) is 0. The zero-order valence-corrected chi connectivity index (χ0v) is 7.49. The second kappa shape index (κ2) is 3.11. The number of rotatable bonds is 1. The van der Waals surface area contributed by atoms with Crippen molar-refractivity contribution >= 4 is 16.4 Å². The molecule has 1 N–H and O–H groups in total. The molecule has 0 aliphatic carbocycles. The van der Waals surface area contributed by atoms with E-state index in [0.29, 0.717) is 0 Å². The number of hydrogen-bond acceptors (Lipinski definition) is 4. The monoisotopic (exact) mass is 213 g/mol. The number of hydrogen-bond donors (Lipinski definition) is 1. The van der Waals surface area contributed by atoms with Gasteiger partial charge in [0.25, 0.3) is 0 Å². The third-order valence-electron chi connectivity index (χ3n) is 1.65. The van der Waals surface area contributed by atoms with E-state index >= 15 is 0 Å². The summed E-state index contributed by atoms with van der Waals surface area (Å²) in [7, 11) is -4.29. The molecule has 1 saturated heterocycles. The molecule has 0 aromatic carbocycles. The highest BCUT2D eigenvalue weighted by atomic mass is 32.2. The number of carbonyl (C=O) groups is 1. The van der Waals surface area contributed by atoms with Gasteiger partial charge >= 0.3 is 16.4 Å². The smallest absolute Gasteiger partial charge is 0.423 e. The van der Waals surface area contributed by atoms with E-state index in [4.69, 9.17) is 5.11 Å². The van der Waals surface area contributed by atoms with Crippen molar-refractivity contribution in [3.63, 3.8) is 0 Å². The van der Waals surface area contributed by atoms with E-state index in [2.05, 4.69) is 4.18 Å². The van der Waals surface area contributed by atoms with Crippen LogP contribution in [0.15, 0.2) is 0 Å². The van der Waals surface area contributed by atoms with Gasteiger partial charge in [0.15, 0.2) is 0 Å². The topological polar surface area (TPSA) is 83.9 Å². The fourth-order valence-corrected chi connectivity index (χ4v) is 2.18. The maximum Gasteiger partial charge on any atom is 0.423 e. The number of carboxylic acid groups (broad SMARTS) is 1. The maximum atomic E-state index is 12.7. The van der Waals surface area contributed by atoms with Crippen LogP contribution in [0.25, 0.3) is 0 Å². The van der Waals surface area contributed by atoms with E-state index < -0.39 is 35.2 Å². The van der Waals surface area contributed by atoms with Crippen LogP contribution in [-0.4, -0.2) is 42.7 Å². The first kappa shape index (κ1) is 10.2. The third kappa shape index (κ3) is 1.73. The first-order valence-electron chi connectivity index (χ1n) is 3.42. The Balaban J connectivity index is 3.00. The van der Waals surface area contributed by atoms with Crippen molar-refractivity contribution in [3.8, 4) is 0 Å². The SMILES string of the molecule is CC(F)[C@H]1COS(=O)(=O)N1C(=O)O. The van der Waals surface area contributed by atoms with Gasteiger partial charge in [-0.3, -0.25) is 4.18 Å². The summed E-state index contributed by atoms with van der Waals surface area (Å²) in [6, 6.07) is -1.28. The van der Waals surface area contributed by atoms with Crippen LogP contribution < -0.4 is 0 Å². The molecule has 0 radical (unpaired) electrons. The van der Waals surface area contributed by atoms with Gasteiger partial charge in [-0.05, 0) is 6.92 Å². The molecule has 1 fully saturated rings.